The molecule has 1 aliphatic rings. The maximum absolute atomic E-state index is 5.92. The van der Waals surface area contributed by atoms with Gasteiger partial charge in [-0.1, -0.05) is 23.8 Å². The summed E-state index contributed by atoms with van der Waals surface area (Å²) in [5.41, 5.74) is 9.21. The molecule has 1 atom stereocenters. The zero-order chi connectivity index (χ0) is 14.7. The molecule has 2 N–H and O–H groups in total. The molecule has 4 heteroatoms. The van der Waals surface area contributed by atoms with E-state index in [9.17, 15) is 0 Å². The van der Waals surface area contributed by atoms with E-state index < -0.39 is 0 Å². The number of hydrogen-bond acceptors (Lipinski definition) is 3. The smallest absolute Gasteiger partial charge is 0.106 e. The summed E-state index contributed by atoms with van der Waals surface area (Å²) in [7, 11) is 1.74. The maximum Gasteiger partial charge on any atom is 0.106 e. The molecular formula is C16H24N2OS. The zero-order valence-corrected chi connectivity index (χ0v) is 13.4. The lowest BCUT2D eigenvalue weighted by Gasteiger charge is -2.33. The van der Waals surface area contributed by atoms with E-state index in [4.69, 9.17) is 22.7 Å². The maximum atomic E-state index is 5.92. The highest BCUT2D eigenvalue weighted by Gasteiger charge is 2.32. The number of benzene rings is 1. The summed E-state index contributed by atoms with van der Waals surface area (Å²) in [5.74, 6) is 0.785. The second-order valence-electron chi connectivity index (χ2n) is 5.65. The van der Waals surface area contributed by atoms with Crippen LogP contribution in [0.5, 0.6) is 0 Å². The van der Waals surface area contributed by atoms with Gasteiger partial charge in [-0.25, -0.2) is 0 Å². The number of nitrogens with two attached hydrogens (primary N) is 1. The van der Waals surface area contributed by atoms with Crippen molar-refractivity contribution in [2.75, 3.05) is 25.2 Å². The molecule has 1 unspecified atom stereocenters. The van der Waals surface area contributed by atoms with Crippen molar-refractivity contribution in [1.29, 1.82) is 0 Å². The molecule has 3 nitrogen and oxygen atoms in total. The van der Waals surface area contributed by atoms with E-state index in [2.05, 4.69) is 36.9 Å². The third-order valence-electron chi connectivity index (χ3n) is 4.06. The SMILES string of the molecule is COCCN(c1ccc(C)cc1C(N)=S)C(C)C1CC1. The van der Waals surface area contributed by atoms with Crippen LogP contribution in [0.3, 0.4) is 0 Å². The molecule has 0 radical (unpaired) electrons. The molecule has 2 rings (SSSR count). The van der Waals surface area contributed by atoms with Gasteiger partial charge in [0, 0.05) is 30.9 Å². The lowest BCUT2D eigenvalue weighted by molar-refractivity contribution is 0.202. The van der Waals surface area contributed by atoms with Crippen molar-refractivity contribution in [3.05, 3.63) is 29.3 Å². The summed E-state index contributed by atoms with van der Waals surface area (Å²) in [6, 6.07) is 6.84. The van der Waals surface area contributed by atoms with E-state index in [1.807, 2.05) is 0 Å². The Kier molecular flexibility index (Phi) is 5.00. The van der Waals surface area contributed by atoms with Gasteiger partial charge in [0.1, 0.15) is 4.99 Å². The highest BCUT2D eigenvalue weighted by molar-refractivity contribution is 7.80. The van der Waals surface area contributed by atoms with Gasteiger partial charge in [-0.2, -0.15) is 0 Å². The standard InChI is InChI=1S/C16H24N2OS/c1-11-4-7-15(14(10-11)16(17)20)18(8-9-19-3)12(2)13-5-6-13/h4,7,10,12-13H,5-6,8-9H2,1-3H3,(H2,17,20). The van der Waals surface area contributed by atoms with Crippen LogP contribution in [0.25, 0.3) is 0 Å². The summed E-state index contributed by atoms with van der Waals surface area (Å²) >= 11 is 5.23. The van der Waals surface area contributed by atoms with Gasteiger partial charge < -0.3 is 15.4 Å². The van der Waals surface area contributed by atoms with Crippen LogP contribution in [0.1, 0.15) is 30.9 Å². The molecule has 1 aliphatic carbocycles. The topological polar surface area (TPSA) is 38.5 Å². The Hall–Kier alpha value is -1.13. The Labute approximate surface area is 127 Å². The number of methoxy groups -OCH3 is 1. The van der Waals surface area contributed by atoms with Crippen LogP contribution < -0.4 is 10.6 Å². The molecule has 1 saturated carbocycles. The van der Waals surface area contributed by atoms with Crippen molar-refractivity contribution in [2.45, 2.75) is 32.7 Å². The first-order valence-electron chi connectivity index (χ1n) is 7.20. The van der Waals surface area contributed by atoms with E-state index in [-0.39, 0.29) is 0 Å². The van der Waals surface area contributed by atoms with Crippen LogP contribution in [0.15, 0.2) is 18.2 Å². The molecule has 0 bridgehead atoms. The molecule has 1 aromatic rings. The number of hydrogen-bond donors (Lipinski definition) is 1. The van der Waals surface area contributed by atoms with Crippen molar-refractivity contribution < 1.29 is 4.74 Å². The predicted molar refractivity (Wildman–Crippen MR) is 88.5 cm³/mol. The van der Waals surface area contributed by atoms with Crippen LogP contribution >= 0.6 is 12.2 Å². The molecule has 20 heavy (non-hydrogen) atoms. The number of nitrogens with zero attached hydrogens (tertiary/aromatic N) is 1. The minimum Gasteiger partial charge on any atom is -0.389 e. The zero-order valence-electron chi connectivity index (χ0n) is 12.6. The van der Waals surface area contributed by atoms with Gasteiger partial charge in [-0.05, 0) is 44.7 Å². The highest BCUT2D eigenvalue weighted by atomic mass is 32.1. The summed E-state index contributed by atoms with van der Waals surface area (Å²) in [6.45, 7) is 5.93. The van der Waals surface area contributed by atoms with E-state index in [1.165, 1.54) is 18.4 Å². The Morgan fingerprint density at radius 2 is 2.20 bits per heavy atom. The molecule has 0 saturated heterocycles. The molecule has 0 spiro atoms. The van der Waals surface area contributed by atoms with Crippen molar-refractivity contribution >= 4 is 22.9 Å². The monoisotopic (exact) mass is 292 g/mol. The molecule has 110 valence electrons. The molecule has 0 aromatic heterocycles. The molecule has 0 heterocycles. The molecule has 1 aromatic carbocycles. The molecule has 1 fully saturated rings. The number of anilines is 1. The van der Waals surface area contributed by atoms with Gasteiger partial charge in [0.2, 0.25) is 0 Å². The highest BCUT2D eigenvalue weighted by Crippen LogP contribution is 2.37. The van der Waals surface area contributed by atoms with E-state index >= 15 is 0 Å². The summed E-state index contributed by atoms with van der Waals surface area (Å²) in [4.78, 5) is 2.86. The second kappa shape index (κ2) is 6.55. The second-order valence-corrected chi connectivity index (χ2v) is 6.09. The van der Waals surface area contributed by atoms with Crippen LogP contribution in [0.4, 0.5) is 5.69 Å². The van der Waals surface area contributed by atoms with Crippen LogP contribution in [0.2, 0.25) is 0 Å². The number of ether oxygens (including phenoxy) is 1. The van der Waals surface area contributed by atoms with E-state index in [0.29, 0.717) is 17.6 Å². The largest absolute Gasteiger partial charge is 0.389 e. The summed E-state index contributed by atoms with van der Waals surface area (Å²) < 4.78 is 5.26. The lowest BCUT2D eigenvalue weighted by atomic mass is 10.1. The van der Waals surface area contributed by atoms with Gasteiger partial charge in [-0.15, -0.1) is 0 Å². The van der Waals surface area contributed by atoms with E-state index in [1.54, 1.807) is 7.11 Å². The van der Waals surface area contributed by atoms with Crippen LogP contribution in [-0.4, -0.2) is 31.3 Å². The Bertz CT molecular complexity index is 485. The first-order chi connectivity index (χ1) is 9.54. The van der Waals surface area contributed by atoms with Crippen molar-refractivity contribution in [3.63, 3.8) is 0 Å². The molecule has 0 aliphatic heterocycles. The average molecular weight is 292 g/mol. The van der Waals surface area contributed by atoms with Gasteiger partial charge in [0.05, 0.1) is 6.61 Å². The van der Waals surface area contributed by atoms with Crippen molar-refractivity contribution in [3.8, 4) is 0 Å². The third-order valence-corrected chi connectivity index (χ3v) is 4.28. The minimum absolute atomic E-state index is 0.467. The minimum atomic E-state index is 0.467. The Morgan fingerprint density at radius 1 is 1.50 bits per heavy atom. The fourth-order valence-electron chi connectivity index (χ4n) is 2.66. The van der Waals surface area contributed by atoms with Crippen LogP contribution in [0, 0.1) is 12.8 Å². The first-order valence-corrected chi connectivity index (χ1v) is 7.61. The Morgan fingerprint density at radius 3 is 2.75 bits per heavy atom. The molecular weight excluding hydrogens is 268 g/mol. The van der Waals surface area contributed by atoms with Gasteiger partial charge in [-0.3, -0.25) is 0 Å². The number of thiocarbonyl (C=S) groups is 1. The first kappa shape index (κ1) is 15.3. The normalized spacial score (nSPS) is 15.9. The third kappa shape index (κ3) is 3.49. The average Bonchev–Trinajstić information content (AvgIpc) is 3.24. The fraction of sp³-hybridized carbons (Fsp3) is 0.562. The van der Waals surface area contributed by atoms with Gasteiger partial charge >= 0.3 is 0 Å². The van der Waals surface area contributed by atoms with Gasteiger partial charge in [0.25, 0.3) is 0 Å². The lowest BCUT2D eigenvalue weighted by Crippen LogP contribution is -2.38. The fourth-order valence-corrected chi connectivity index (χ4v) is 2.83. The van der Waals surface area contributed by atoms with Crippen molar-refractivity contribution in [1.82, 2.24) is 0 Å². The molecule has 0 amide bonds. The van der Waals surface area contributed by atoms with Crippen molar-refractivity contribution in [2.24, 2.45) is 11.7 Å². The number of rotatable bonds is 7. The Balaban J connectivity index is 2.33. The quantitative estimate of drug-likeness (QED) is 0.784. The van der Waals surface area contributed by atoms with Gasteiger partial charge in [0.15, 0.2) is 0 Å². The summed E-state index contributed by atoms with van der Waals surface area (Å²) in [5, 5.41) is 0. The number of aryl methyl sites for hydroxylation is 1. The predicted octanol–water partition coefficient (Wildman–Crippen LogP) is 2.88. The van der Waals surface area contributed by atoms with E-state index in [0.717, 1.165) is 23.7 Å². The van der Waals surface area contributed by atoms with Crippen LogP contribution in [-0.2, 0) is 4.74 Å². The summed E-state index contributed by atoms with van der Waals surface area (Å²) in [6.07, 6.45) is 2.64.